The second kappa shape index (κ2) is 5.87. The van der Waals surface area contributed by atoms with Crippen LogP contribution in [0.2, 0.25) is 0 Å². The van der Waals surface area contributed by atoms with E-state index >= 15 is 0 Å². The van der Waals surface area contributed by atoms with Crippen LogP contribution in [-0.4, -0.2) is 17.3 Å². The van der Waals surface area contributed by atoms with Gasteiger partial charge >= 0.3 is 0 Å². The van der Waals surface area contributed by atoms with Gasteiger partial charge in [0.25, 0.3) is 0 Å². The molecule has 0 heterocycles. The van der Waals surface area contributed by atoms with E-state index < -0.39 is 0 Å². The van der Waals surface area contributed by atoms with Crippen molar-refractivity contribution in [3.8, 4) is 0 Å². The molecule has 17 heavy (non-hydrogen) atoms. The van der Waals surface area contributed by atoms with Gasteiger partial charge in [0.05, 0.1) is 12.1 Å². The highest BCUT2D eigenvalue weighted by Crippen LogP contribution is 2.27. The maximum Gasteiger partial charge on any atom is 0.0741 e. The van der Waals surface area contributed by atoms with E-state index in [1.807, 2.05) is 0 Å². The SMILES string of the molecule is Cc1ccc(Br)c(NC2CCCCCC2O)c1. The van der Waals surface area contributed by atoms with Crippen molar-refractivity contribution in [3.05, 3.63) is 28.2 Å². The first-order chi connectivity index (χ1) is 8.16. The monoisotopic (exact) mass is 297 g/mol. The molecule has 2 rings (SSSR count). The van der Waals surface area contributed by atoms with Crippen LogP contribution in [-0.2, 0) is 0 Å². The number of benzene rings is 1. The molecule has 1 saturated carbocycles. The molecule has 2 nitrogen and oxygen atoms in total. The number of halogens is 1. The minimum absolute atomic E-state index is 0.190. The van der Waals surface area contributed by atoms with Gasteiger partial charge in [-0.25, -0.2) is 0 Å². The molecule has 0 aromatic heterocycles. The molecule has 0 spiro atoms. The summed E-state index contributed by atoms with van der Waals surface area (Å²) >= 11 is 3.55. The molecule has 0 saturated heterocycles. The normalized spacial score (nSPS) is 25.4. The van der Waals surface area contributed by atoms with Gasteiger partial charge in [-0.3, -0.25) is 0 Å². The molecule has 2 unspecified atom stereocenters. The molecule has 0 aliphatic heterocycles. The van der Waals surface area contributed by atoms with Crippen LogP contribution in [0.3, 0.4) is 0 Å². The maximum absolute atomic E-state index is 10.1. The largest absolute Gasteiger partial charge is 0.391 e. The van der Waals surface area contributed by atoms with E-state index in [9.17, 15) is 5.11 Å². The van der Waals surface area contributed by atoms with Crippen LogP contribution in [0.15, 0.2) is 22.7 Å². The summed E-state index contributed by atoms with van der Waals surface area (Å²) in [5.74, 6) is 0. The van der Waals surface area contributed by atoms with Gasteiger partial charge in [-0.15, -0.1) is 0 Å². The third-order valence-corrected chi connectivity index (χ3v) is 4.13. The Balaban J connectivity index is 2.10. The Morgan fingerprint density at radius 1 is 1.24 bits per heavy atom. The van der Waals surface area contributed by atoms with E-state index in [0.29, 0.717) is 0 Å². The molecule has 0 amide bonds. The molecule has 0 bridgehead atoms. The minimum Gasteiger partial charge on any atom is -0.391 e. The van der Waals surface area contributed by atoms with E-state index in [2.05, 4.69) is 46.4 Å². The van der Waals surface area contributed by atoms with Crippen molar-refractivity contribution >= 4 is 21.6 Å². The number of aliphatic hydroxyl groups excluding tert-OH is 1. The van der Waals surface area contributed by atoms with E-state index in [0.717, 1.165) is 29.4 Å². The zero-order valence-corrected chi connectivity index (χ0v) is 11.8. The molecule has 1 aromatic rings. The lowest BCUT2D eigenvalue weighted by atomic mass is 10.1. The molecule has 2 atom stereocenters. The Kier molecular flexibility index (Phi) is 4.46. The van der Waals surface area contributed by atoms with Gasteiger partial charge in [0.15, 0.2) is 0 Å². The standard InChI is InChI=1S/C14H20BrNO/c1-10-7-8-11(15)13(9-10)16-12-5-3-2-4-6-14(12)17/h7-9,12,14,16-17H,2-6H2,1H3. The number of nitrogens with one attached hydrogen (secondary N) is 1. The van der Waals surface area contributed by atoms with Crippen LogP contribution < -0.4 is 5.32 Å². The number of hydrogen-bond acceptors (Lipinski definition) is 2. The zero-order chi connectivity index (χ0) is 12.3. The molecule has 1 fully saturated rings. The number of rotatable bonds is 2. The molecule has 0 radical (unpaired) electrons. The molecular weight excluding hydrogens is 278 g/mol. The fraction of sp³-hybridized carbons (Fsp3) is 0.571. The number of hydrogen-bond donors (Lipinski definition) is 2. The summed E-state index contributed by atoms with van der Waals surface area (Å²) in [5, 5.41) is 13.6. The van der Waals surface area contributed by atoms with Gasteiger partial charge in [-0.05, 0) is 53.4 Å². The molecule has 2 N–H and O–H groups in total. The summed E-state index contributed by atoms with van der Waals surface area (Å²) in [4.78, 5) is 0. The number of anilines is 1. The van der Waals surface area contributed by atoms with E-state index in [1.165, 1.54) is 18.4 Å². The lowest BCUT2D eigenvalue weighted by Crippen LogP contribution is -2.32. The zero-order valence-electron chi connectivity index (χ0n) is 10.2. The van der Waals surface area contributed by atoms with Crippen molar-refractivity contribution in [2.24, 2.45) is 0 Å². The van der Waals surface area contributed by atoms with Crippen molar-refractivity contribution in [2.45, 2.75) is 51.2 Å². The molecule has 94 valence electrons. The quantitative estimate of drug-likeness (QED) is 0.813. The van der Waals surface area contributed by atoms with Crippen LogP contribution in [0, 0.1) is 6.92 Å². The smallest absolute Gasteiger partial charge is 0.0741 e. The predicted molar refractivity (Wildman–Crippen MR) is 75.4 cm³/mol. The van der Waals surface area contributed by atoms with Crippen molar-refractivity contribution < 1.29 is 5.11 Å². The molecule has 3 heteroatoms. The third-order valence-electron chi connectivity index (χ3n) is 3.44. The second-order valence-electron chi connectivity index (χ2n) is 4.94. The number of aryl methyl sites for hydroxylation is 1. The average molecular weight is 298 g/mol. The fourth-order valence-electron chi connectivity index (χ4n) is 2.41. The Morgan fingerprint density at radius 3 is 2.82 bits per heavy atom. The highest BCUT2D eigenvalue weighted by Gasteiger charge is 2.21. The second-order valence-corrected chi connectivity index (χ2v) is 5.79. The van der Waals surface area contributed by atoms with Gasteiger partial charge < -0.3 is 10.4 Å². The highest BCUT2D eigenvalue weighted by molar-refractivity contribution is 9.10. The third kappa shape index (κ3) is 3.46. The molecule has 1 aromatic carbocycles. The van der Waals surface area contributed by atoms with Gasteiger partial charge in [0, 0.05) is 10.2 Å². The molecular formula is C14H20BrNO. The van der Waals surface area contributed by atoms with Crippen LogP contribution in [0.25, 0.3) is 0 Å². The van der Waals surface area contributed by atoms with E-state index in [-0.39, 0.29) is 12.1 Å². The number of aliphatic hydroxyl groups is 1. The Bertz CT molecular complexity index is 380. The molecule has 1 aliphatic rings. The lowest BCUT2D eigenvalue weighted by Gasteiger charge is -2.23. The summed E-state index contributed by atoms with van der Waals surface area (Å²) in [6.45, 7) is 2.08. The lowest BCUT2D eigenvalue weighted by molar-refractivity contribution is 0.144. The Hall–Kier alpha value is -0.540. The summed E-state index contributed by atoms with van der Waals surface area (Å²) in [6.07, 6.45) is 5.35. The summed E-state index contributed by atoms with van der Waals surface area (Å²) in [7, 11) is 0. The van der Waals surface area contributed by atoms with Crippen LogP contribution in [0.1, 0.15) is 37.7 Å². The van der Waals surface area contributed by atoms with Crippen molar-refractivity contribution in [1.29, 1.82) is 0 Å². The van der Waals surface area contributed by atoms with Crippen LogP contribution >= 0.6 is 15.9 Å². The molecule has 1 aliphatic carbocycles. The first kappa shape index (κ1) is 12.9. The highest BCUT2D eigenvalue weighted by atomic mass is 79.9. The van der Waals surface area contributed by atoms with Gasteiger partial charge in [0.1, 0.15) is 0 Å². The van der Waals surface area contributed by atoms with Gasteiger partial charge in [-0.2, -0.15) is 0 Å². The minimum atomic E-state index is -0.218. The predicted octanol–water partition coefficient (Wildman–Crippen LogP) is 3.86. The van der Waals surface area contributed by atoms with Crippen molar-refractivity contribution in [3.63, 3.8) is 0 Å². The average Bonchev–Trinajstić information content (AvgIpc) is 2.50. The van der Waals surface area contributed by atoms with E-state index in [1.54, 1.807) is 0 Å². The maximum atomic E-state index is 10.1. The summed E-state index contributed by atoms with van der Waals surface area (Å²) in [6, 6.07) is 6.46. The topological polar surface area (TPSA) is 32.3 Å². The van der Waals surface area contributed by atoms with Crippen LogP contribution in [0.4, 0.5) is 5.69 Å². The van der Waals surface area contributed by atoms with Crippen molar-refractivity contribution in [1.82, 2.24) is 0 Å². The van der Waals surface area contributed by atoms with Gasteiger partial charge in [-0.1, -0.05) is 25.3 Å². The van der Waals surface area contributed by atoms with E-state index in [4.69, 9.17) is 0 Å². The summed E-state index contributed by atoms with van der Waals surface area (Å²) in [5.41, 5.74) is 2.33. The van der Waals surface area contributed by atoms with Crippen LogP contribution in [0.5, 0.6) is 0 Å². The first-order valence-electron chi connectivity index (χ1n) is 6.37. The van der Waals surface area contributed by atoms with Crippen molar-refractivity contribution in [2.75, 3.05) is 5.32 Å². The fourth-order valence-corrected chi connectivity index (χ4v) is 2.77. The summed E-state index contributed by atoms with van der Waals surface area (Å²) < 4.78 is 1.07. The Labute approximate surface area is 112 Å². The Morgan fingerprint density at radius 2 is 2.00 bits per heavy atom. The van der Waals surface area contributed by atoms with Gasteiger partial charge in [0.2, 0.25) is 0 Å². The first-order valence-corrected chi connectivity index (χ1v) is 7.17.